The summed E-state index contributed by atoms with van der Waals surface area (Å²) in [5.74, 6) is -0.326. The van der Waals surface area contributed by atoms with Gasteiger partial charge in [-0.05, 0) is 18.6 Å². The molecule has 1 aliphatic heterocycles. The van der Waals surface area contributed by atoms with Crippen LogP contribution in [0.15, 0.2) is 18.2 Å². The molecule has 1 saturated heterocycles. The fourth-order valence-corrected chi connectivity index (χ4v) is 2.35. The Hall–Kier alpha value is -1.66. The highest BCUT2D eigenvalue weighted by atomic mass is 35.5. The fourth-order valence-electron chi connectivity index (χ4n) is 2.18. The van der Waals surface area contributed by atoms with Gasteiger partial charge in [0.05, 0.1) is 11.0 Å². The second-order valence-electron chi connectivity index (χ2n) is 4.73. The molecule has 1 heterocycles. The van der Waals surface area contributed by atoms with Gasteiger partial charge >= 0.3 is 0 Å². The van der Waals surface area contributed by atoms with Crippen molar-refractivity contribution in [3.05, 3.63) is 38.9 Å². The highest BCUT2D eigenvalue weighted by molar-refractivity contribution is 6.31. The van der Waals surface area contributed by atoms with Crippen molar-refractivity contribution in [3.8, 4) is 0 Å². The molecule has 1 aromatic rings. The number of halogens is 1. The van der Waals surface area contributed by atoms with Crippen LogP contribution in [0.4, 0.5) is 5.69 Å². The molecule has 0 bridgehead atoms. The largest absolute Gasteiger partial charge is 0.333 e. The number of hydrogen-bond acceptors (Lipinski definition) is 4. The molecule has 0 aliphatic carbocycles. The van der Waals surface area contributed by atoms with Crippen LogP contribution < -0.4 is 5.32 Å². The van der Waals surface area contributed by atoms with Crippen molar-refractivity contribution in [2.24, 2.45) is 0 Å². The van der Waals surface area contributed by atoms with E-state index in [-0.39, 0.29) is 23.2 Å². The average molecular weight is 298 g/mol. The van der Waals surface area contributed by atoms with E-state index in [4.69, 9.17) is 11.6 Å². The van der Waals surface area contributed by atoms with Gasteiger partial charge in [0.25, 0.3) is 11.6 Å². The summed E-state index contributed by atoms with van der Waals surface area (Å²) in [6.45, 7) is 3.99. The lowest BCUT2D eigenvalue weighted by atomic mass is 10.1. The number of carbonyl (C=O) groups is 1. The van der Waals surface area contributed by atoms with E-state index in [0.29, 0.717) is 11.6 Å². The summed E-state index contributed by atoms with van der Waals surface area (Å²) in [5, 5.41) is 14.5. The molecule has 20 heavy (non-hydrogen) atoms. The van der Waals surface area contributed by atoms with E-state index in [1.54, 1.807) is 4.90 Å². The van der Waals surface area contributed by atoms with Gasteiger partial charge in [0.1, 0.15) is 5.56 Å². The van der Waals surface area contributed by atoms with Gasteiger partial charge in [-0.3, -0.25) is 14.9 Å². The molecule has 0 saturated carbocycles. The first-order valence-electron chi connectivity index (χ1n) is 6.50. The van der Waals surface area contributed by atoms with Crippen LogP contribution in [0, 0.1) is 10.1 Å². The molecular formula is C13H16ClN3O3. The zero-order valence-corrected chi connectivity index (χ0v) is 11.9. The molecule has 0 atom stereocenters. The van der Waals surface area contributed by atoms with Crippen molar-refractivity contribution in [2.75, 3.05) is 19.6 Å². The van der Waals surface area contributed by atoms with Crippen LogP contribution in [0.3, 0.4) is 0 Å². The zero-order chi connectivity index (χ0) is 14.7. The molecule has 2 rings (SSSR count). The molecule has 6 nitrogen and oxygen atoms in total. The van der Waals surface area contributed by atoms with Gasteiger partial charge < -0.3 is 10.2 Å². The lowest BCUT2D eigenvalue weighted by Gasteiger charge is -2.38. The molecule has 1 fully saturated rings. The second-order valence-corrected chi connectivity index (χ2v) is 5.17. The summed E-state index contributed by atoms with van der Waals surface area (Å²) in [7, 11) is 0. The van der Waals surface area contributed by atoms with Crippen molar-refractivity contribution in [3.63, 3.8) is 0 Å². The van der Waals surface area contributed by atoms with E-state index < -0.39 is 4.92 Å². The van der Waals surface area contributed by atoms with Crippen LogP contribution in [0.1, 0.15) is 23.7 Å². The van der Waals surface area contributed by atoms with E-state index in [1.165, 1.54) is 18.2 Å². The molecular weight excluding hydrogens is 282 g/mol. The van der Waals surface area contributed by atoms with Crippen LogP contribution in [-0.2, 0) is 0 Å². The lowest BCUT2D eigenvalue weighted by Crippen LogP contribution is -2.59. The summed E-state index contributed by atoms with van der Waals surface area (Å²) >= 11 is 5.87. The normalized spacial score (nSPS) is 14.7. The maximum atomic E-state index is 12.6. The Labute approximate surface area is 121 Å². The quantitative estimate of drug-likeness (QED) is 0.667. The summed E-state index contributed by atoms with van der Waals surface area (Å²) in [6, 6.07) is 4.17. The maximum absolute atomic E-state index is 12.6. The number of amides is 1. The van der Waals surface area contributed by atoms with Gasteiger partial charge in [0.15, 0.2) is 0 Å². The number of benzene rings is 1. The van der Waals surface area contributed by atoms with Gasteiger partial charge in [0.2, 0.25) is 0 Å². The van der Waals surface area contributed by atoms with Crippen molar-refractivity contribution < 1.29 is 9.72 Å². The molecule has 0 aromatic heterocycles. The number of rotatable bonds is 5. The minimum absolute atomic E-state index is 0.0582. The van der Waals surface area contributed by atoms with Gasteiger partial charge in [-0.2, -0.15) is 0 Å². The van der Waals surface area contributed by atoms with Crippen LogP contribution in [0.25, 0.3) is 0 Å². The third-order valence-corrected chi connectivity index (χ3v) is 3.55. The summed E-state index contributed by atoms with van der Waals surface area (Å²) < 4.78 is 0. The monoisotopic (exact) mass is 297 g/mol. The molecule has 1 amide bonds. The Kier molecular flexibility index (Phi) is 4.57. The van der Waals surface area contributed by atoms with Crippen molar-refractivity contribution >= 4 is 23.2 Å². The molecule has 1 aliphatic rings. The van der Waals surface area contributed by atoms with E-state index in [9.17, 15) is 14.9 Å². The Morgan fingerprint density at radius 2 is 2.25 bits per heavy atom. The Morgan fingerprint density at radius 3 is 2.75 bits per heavy atom. The first-order chi connectivity index (χ1) is 9.54. The maximum Gasteiger partial charge on any atom is 0.282 e. The highest BCUT2D eigenvalue weighted by Gasteiger charge is 2.32. The average Bonchev–Trinajstić information content (AvgIpc) is 2.34. The van der Waals surface area contributed by atoms with Crippen molar-refractivity contribution in [1.29, 1.82) is 0 Å². The van der Waals surface area contributed by atoms with Crippen LogP contribution in [-0.4, -0.2) is 41.4 Å². The first kappa shape index (κ1) is 14.7. The number of carbonyl (C=O) groups excluding carboxylic acids is 1. The number of nitro groups is 1. The number of nitro benzene ring substituents is 1. The van der Waals surface area contributed by atoms with Crippen molar-refractivity contribution in [2.45, 2.75) is 19.4 Å². The highest BCUT2D eigenvalue weighted by Crippen LogP contribution is 2.25. The summed E-state index contributed by atoms with van der Waals surface area (Å²) in [6.07, 6.45) is 0.802. The van der Waals surface area contributed by atoms with Crippen LogP contribution >= 0.6 is 11.6 Å². The minimum atomic E-state index is -0.549. The van der Waals surface area contributed by atoms with E-state index in [2.05, 4.69) is 5.32 Å². The number of nitrogens with zero attached hydrogens (tertiary/aromatic N) is 2. The minimum Gasteiger partial charge on any atom is -0.333 e. The van der Waals surface area contributed by atoms with Gasteiger partial charge in [0, 0.05) is 30.7 Å². The smallest absolute Gasteiger partial charge is 0.282 e. The predicted molar refractivity (Wildman–Crippen MR) is 76.1 cm³/mol. The molecule has 108 valence electrons. The van der Waals surface area contributed by atoms with Gasteiger partial charge in [-0.15, -0.1) is 0 Å². The molecule has 0 unspecified atom stereocenters. The summed E-state index contributed by atoms with van der Waals surface area (Å²) in [4.78, 5) is 24.8. The molecule has 1 N–H and O–H groups in total. The topological polar surface area (TPSA) is 75.5 Å². The molecule has 0 spiro atoms. The molecule has 7 heteroatoms. The SMILES string of the molecule is CCCN(C(=O)c1cc(Cl)ccc1[N+](=O)[O-])C1CNC1. The van der Waals surface area contributed by atoms with E-state index >= 15 is 0 Å². The van der Waals surface area contributed by atoms with Gasteiger partial charge in [-0.1, -0.05) is 18.5 Å². The third-order valence-electron chi connectivity index (χ3n) is 3.31. The molecule has 1 aromatic carbocycles. The number of hydrogen-bond donors (Lipinski definition) is 1. The fraction of sp³-hybridized carbons (Fsp3) is 0.462. The van der Waals surface area contributed by atoms with E-state index in [1.807, 2.05) is 6.92 Å². The lowest BCUT2D eigenvalue weighted by molar-refractivity contribution is -0.385. The third kappa shape index (κ3) is 2.91. The summed E-state index contributed by atoms with van der Waals surface area (Å²) in [5.41, 5.74) is -0.143. The Morgan fingerprint density at radius 1 is 1.55 bits per heavy atom. The van der Waals surface area contributed by atoms with E-state index in [0.717, 1.165) is 19.5 Å². The van der Waals surface area contributed by atoms with Gasteiger partial charge in [-0.25, -0.2) is 0 Å². The Bertz CT molecular complexity index is 532. The predicted octanol–water partition coefficient (Wildman–Crippen LogP) is 2.07. The van der Waals surface area contributed by atoms with Crippen LogP contribution in [0.5, 0.6) is 0 Å². The Balaban J connectivity index is 2.34. The standard InChI is InChI=1S/C13H16ClN3O3/c1-2-5-16(10-7-15-8-10)13(18)11-6-9(14)3-4-12(11)17(19)20/h3-4,6,10,15H,2,5,7-8H2,1H3. The first-order valence-corrected chi connectivity index (χ1v) is 6.88. The second kappa shape index (κ2) is 6.19. The zero-order valence-electron chi connectivity index (χ0n) is 11.1. The number of nitrogens with one attached hydrogen (secondary N) is 1. The van der Waals surface area contributed by atoms with Crippen molar-refractivity contribution in [1.82, 2.24) is 10.2 Å². The van der Waals surface area contributed by atoms with Crippen LogP contribution in [0.2, 0.25) is 5.02 Å². The molecule has 0 radical (unpaired) electrons.